The number of hydrogen-bond acceptors (Lipinski definition) is 7. The van der Waals surface area contributed by atoms with E-state index in [9.17, 15) is 9.59 Å². The predicted molar refractivity (Wildman–Crippen MR) is 110 cm³/mol. The van der Waals surface area contributed by atoms with Gasteiger partial charge in [0, 0.05) is 10.0 Å². The minimum atomic E-state index is -0.465. The first-order valence-corrected chi connectivity index (χ1v) is 9.48. The molecule has 0 aliphatic rings. The summed E-state index contributed by atoms with van der Waals surface area (Å²) in [7, 11) is 1.51. The van der Waals surface area contributed by atoms with Gasteiger partial charge in [-0.25, -0.2) is 10.2 Å². The number of amides is 1. The number of hydrazone groups is 1. The van der Waals surface area contributed by atoms with Crippen molar-refractivity contribution in [2.75, 3.05) is 26.9 Å². The van der Waals surface area contributed by atoms with Gasteiger partial charge in [0.1, 0.15) is 5.75 Å². The highest BCUT2D eigenvalue weighted by Gasteiger charge is 2.08. The molecule has 0 saturated carbocycles. The highest BCUT2D eigenvalue weighted by atomic mass is 79.9. The quantitative estimate of drug-likeness (QED) is 0.330. The first-order chi connectivity index (χ1) is 14.0. The van der Waals surface area contributed by atoms with Gasteiger partial charge in [0.25, 0.3) is 5.91 Å². The van der Waals surface area contributed by atoms with E-state index in [1.54, 1.807) is 49.4 Å². The van der Waals surface area contributed by atoms with E-state index in [1.165, 1.54) is 13.3 Å². The van der Waals surface area contributed by atoms with Crippen molar-refractivity contribution in [3.63, 3.8) is 0 Å². The molecule has 1 N–H and O–H groups in total. The highest BCUT2D eigenvalue weighted by Crippen LogP contribution is 2.30. The summed E-state index contributed by atoms with van der Waals surface area (Å²) >= 11 is 3.34. The Morgan fingerprint density at radius 3 is 2.59 bits per heavy atom. The summed E-state index contributed by atoms with van der Waals surface area (Å²) in [4.78, 5) is 23.4. The van der Waals surface area contributed by atoms with Gasteiger partial charge in [0.2, 0.25) is 0 Å². The summed E-state index contributed by atoms with van der Waals surface area (Å²) in [6.07, 6.45) is 1.42. The Bertz CT molecular complexity index is 872. The fourth-order valence-electron chi connectivity index (χ4n) is 2.17. The Labute approximate surface area is 176 Å². The fraction of sp³-hybridized carbons (Fsp3) is 0.250. The molecule has 0 unspecified atom stereocenters. The van der Waals surface area contributed by atoms with Crippen LogP contribution in [-0.2, 0) is 14.3 Å². The maximum atomic E-state index is 12.0. The van der Waals surface area contributed by atoms with Crippen molar-refractivity contribution in [2.45, 2.75) is 6.92 Å². The number of nitrogens with one attached hydrogen (secondary N) is 1. The second-order valence-electron chi connectivity index (χ2n) is 5.51. The van der Waals surface area contributed by atoms with Crippen LogP contribution in [0.5, 0.6) is 17.2 Å². The molecular weight excluding hydrogens is 444 g/mol. The van der Waals surface area contributed by atoms with Crippen molar-refractivity contribution < 1.29 is 28.5 Å². The normalized spacial score (nSPS) is 10.4. The van der Waals surface area contributed by atoms with Crippen molar-refractivity contribution in [2.24, 2.45) is 5.10 Å². The molecule has 2 aromatic carbocycles. The maximum absolute atomic E-state index is 12.0. The molecule has 2 rings (SSSR count). The molecule has 29 heavy (non-hydrogen) atoms. The average Bonchev–Trinajstić information content (AvgIpc) is 2.72. The number of halogens is 1. The Morgan fingerprint density at radius 1 is 1.07 bits per heavy atom. The van der Waals surface area contributed by atoms with E-state index in [0.717, 1.165) is 4.47 Å². The average molecular weight is 465 g/mol. The number of carbonyl (C=O) groups is 2. The lowest BCUT2D eigenvalue weighted by molar-refractivity contribution is -0.145. The number of ether oxygens (including phenoxy) is 4. The van der Waals surface area contributed by atoms with Crippen LogP contribution in [-0.4, -0.2) is 45.0 Å². The zero-order valence-corrected chi connectivity index (χ0v) is 17.6. The molecule has 0 radical (unpaired) electrons. The molecule has 0 heterocycles. The minimum Gasteiger partial charge on any atom is -0.493 e. The summed E-state index contributed by atoms with van der Waals surface area (Å²) in [5.41, 5.74) is 2.96. The third-order valence-corrected chi connectivity index (χ3v) is 3.94. The first-order valence-electron chi connectivity index (χ1n) is 8.69. The second kappa shape index (κ2) is 11.7. The lowest BCUT2D eigenvalue weighted by atomic mass is 10.2. The Balaban J connectivity index is 1.88. The van der Waals surface area contributed by atoms with Gasteiger partial charge in [-0.1, -0.05) is 28.1 Å². The third kappa shape index (κ3) is 7.46. The topological polar surface area (TPSA) is 95.5 Å². The molecule has 8 nitrogen and oxygen atoms in total. The lowest BCUT2D eigenvalue weighted by Crippen LogP contribution is -2.24. The standard InChI is InChI=1S/C20H21BrN2O6/c1-3-27-20(25)13-29-16-7-5-4-6-14(16)11-22-23-19(24)12-28-17-9-8-15(21)10-18(17)26-2/h4-11H,3,12-13H2,1-2H3,(H,23,24)/b22-11+. The van der Waals surface area contributed by atoms with Gasteiger partial charge in [0.05, 0.1) is 19.9 Å². The van der Waals surface area contributed by atoms with E-state index < -0.39 is 11.9 Å². The molecule has 154 valence electrons. The fourth-order valence-corrected chi connectivity index (χ4v) is 2.51. The van der Waals surface area contributed by atoms with Crippen LogP contribution in [0.25, 0.3) is 0 Å². The number of hydrogen-bond donors (Lipinski definition) is 1. The van der Waals surface area contributed by atoms with E-state index in [-0.39, 0.29) is 19.8 Å². The smallest absolute Gasteiger partial charge is 0.344 e. The number of para-hydroxylation sites is 1. The number of methoxy groups -OCH3 is 1. The Hall–Kier alpha value is -3.07. The second-order valence-corrected chi connectivity index (χ2v) is 6.42. The van der Waals surface area contributed by atoms with Crippen LogP contribution < -0.4 is 19.6 Å². The van der Waals surface area contributed by atoms with Gasteiger partial charge in [-0.3, -0.25) is 4.79 Å². The number of benzene rings is 2. The SMILES string of the molecule is CCOC(=O)COc1ccccc1/C=N/NC(=O)COc1ccc(Br)cc1OC. The first kappa shape index (κ1) is 22.2. The van der Waals surface area contributed by atoms with Crippen LogP contribution in [0.15, 0.2) is 52.0 Å². The highest BCUT2D eigenvalue weighted by molar-refractivity contribution is 9.10. The summed E-state index contributed by atoms with van der Waals surface area (Å²) in [5.74, 6) is 0.467. The summed E-state index contributed by atoms with van der Waals surface area (Å²) in [6, 6.07) is 12.2. The van der Waals surface area contributed by atoms with Gasteiger partial charge in [-0.2, -0.15) is 5.10 Å². The van der Waals surface area contributed by atoms with Gasteiger partial charge < -0.3 is 18.9 Å². The Kier molecular flexibility index (Phi) is 8.97. The molecule has 9 heteroatoms. The number of esters is 1. The van der Waals surface area contributed by atoms with Gasteiger partial charge in [0.15, 0.2) is 24.7 Å². The molecule has 0 spiro atoms. The molecule has 0 bridgehead atoms. The van der Waals surface area contributed by atoms with Crippen molar-refractivity contribution >= 4 is 34.0 Å². The van der Waals surface area contributed by atoms with Crippen molar-refractivity contribution in [1.29, 1.82) is 0 Å². The zero-order chi connectivity index (χ0) is 21.1. The van der Waals surface area contributed by atoms with Crippen LogP contribution in [0.3, 0.4) is 0 Å². The van der Waals surface area contributed by atoms with E-state index >= 15 is 0 Å². The Morgan fingerprint density at radius 2 is 1.83 bits per heavy atom. The van der Waals surface area contributed by atoms with Crippen molar-refractivity contribution in [3.8, 4) is 17.2 Å². The third-order valence-electron chi connectivity index (χ3n) is 3.45. The predicted octanol–water partition coefficient (Wildman–Crippen LogP) is 2.93. The molecule has 1 amide bonds. The number of nitrogens with zero attached hydrogens (tertiary/aromatic N) is 1. The number of carbonyl (C=O) groups excluding carboxylic acids is 2. The summed E-state index contributed by atoms with van der Waals surface area (Å²) in [5, 5.41) is 3.90. The summed E-state index contributed by atoms with van der Waals surface area (Å²) in [6.45, 7) is 1.55. The van der Waals surface area contributed by atoms with Crippen molar-refractivity contribution in [1.82, 2.24) is 5.43 Å². The van der Waals surface area contributed by atoms with Crippen molar-refractivity contribution in [3.05, 3.63) is 52.5 Å². The van der Waals surface area contributed by atoms with E-state index in [0.29, 0.717) is 22.8 Å². The van der Waals surface area contributed by atoms with Crippen LogP contribution in [0.4, 0.5) is 0 Å². The van der Waals surface area contributed by atoms with Gasteiger partial charge in [-0.15, -0.1) is 0 Å². The molecule has 0 saturated heterocycles. The molecule has 2 aromatic rings. The van der Waals surface area contributed by atoms with E-state index in [2.05, 4.69) is 26.5 Å². The summed E-state index contributed by atoms with van der Waals surface area (Å²) < 4.78 is 21.7. The molecule has 0 atom stereocenters. The monoisotopic (exact) mass is 464 g/mol. The van der Waals surface area contributed by atoms with Gasteiger partial charge >= 0.3 is 5.97 Å². The van der Waals surface area contributed by atoms with Crippen LogP contribution in [0.1, 0.15) is 12.5 Å². The molecule has 0 aliphatic heterocycles. The van der Waals surface area contributed by atoms with Crippen LogP contribution in [0, 0.1) is 0 Å². The minimum absolute atomic E-state index is 0.214. The molecule has 0 aromatic heterocycles. The lowest BCUT2D eigenvalue weighted by Gasteiger charge is -2.10. The maximum Gasteiger partial charge on any atom is 0.344 e. The zero-order valence-electron chi connectivity index (χ0n) is 16.0. The van der Waals surface area contributed by atoms with Crippen LogP contribution >= 0.6 is 15.9 Å². The van der Waals surface area contributed by atoms with E-state index in [4.69, 9.17) is 18.9 Å². The largest absolute Gasteiger partial charge is 0.493 e. The van der Waals surface area contributed by atoms with Gasteiger partial charge in [-0.05, 0) is 37.3 Å². The van der Waals surface area contributed by atoms with E-state index in [1.807, 2.05) is 0 Å². The molecular formula is C20H21BrN2O6. The molecule has 0 aliphatic carbocycles. The number of rotatable bonds is 10. The molecule has 0 fully saturated rings. The van der Waals surface area contributed by atoms with Crippen LogP contribution in [0.2, 0.25) is 0 Å².